The lowest BCUT2D eigenvalue weighted by atomic mass is 9.80. The smallest absolute Gasteiger partial charge is 0.410 e. The minimum Gasteiger partial charge on any atom is -0.445 e. The summed E-state index contributed by atoms with van der Waals surface area (Å²) < 4.78 is 11.1. The Balaban J connectivity index is 1.87. The topological polar surface area (TPSA) is 38.8 Å². The van der Waals surface area contributed by atoms with Gasteiger partial charge in [0.25, 0.3) is 0 Å². The predicted molar refractivity (Wildman–Crippen MR) is 82.0 cm³/mol. The third-order valence-corrected chi connectivity index (χ3v) is 4.67. The van der Waals surface area contributed by atoms with Crippen LogP contribution in [0.3, 0.4) is 0 Å². The molecule has 1 saturated heterocycles. The summed E-state index contributed by atoms with van der Waals surface area (Å²) in [5.74, 6) is 0.311. The zero-order chi connectivity index (χ0) is 15.3. The van der Waals surface area contributed by atoms with Gasteiger partial charge >= 0.3 is 6.09 Å². The van der Waals surface area contributed by atoms with Gasteiger partial charge in [-0.15, -0.1) is 0 Å². The van der Waals surface area contributed by atoms with Gasteiger partial charge in [-0.3, -0.25) is 0 Å². The molecule has 2 rings (SSSR count). The third-order valence-electron chi connectivity index (χ3n) is 4.67. The van der Waals surface area contributed by atoms with Crippen molar-refractivity contribution in [2.75, 3.05) is 20.2 Å². The Bertz CT molecular complexity index is 456. The fourth-order valence-electron chi connectivity index (χ4n) is 3.11. The number of ether oxygens (including phenoxy) is 2. The maximum absolute atomic E-state index is 12.2. The molecule has 1 aliphatic heterocycles. The molecular weight excluding hydrogens is 266 g/mol. The highest BCUT2D eigenvalue weighted by Crippen LogP contribution is 2.34. The van der Waals surface area contributed by atoms with E-state index < -0.39 is 0 Å². The number of carbonyl (C=O) groups excluding carboxylic acids is 1. The first kappa shape index (κ1) is 15.8. The Morgan fingerprint density at radius 3 is 2.67 bits per heavy atom. The van der Waals surface area contributed by atoms with Crippen molar-refractivity contribution in [1.29, 1.82) is 0 Å². The fourth-order valence-corrected chi connectivity index (χ4v) is 3.11. The Kier molecular flexibility index (Phi) is 5.23. The van der Waals surface area contributed by atoms with Crippen molar-refractivity contribution in [1.82, 2.24) is 4.90 Å². The highest BCUT2D eigenvalue weighted by molar-refractivity contribution is 5.67. The lowest BCUT2D eigenvalue weighted by Crippen LogP contribution is -2.53. The van der Waals surface area contributed by atoms with E-state index in [4.69, 9.17) is 9.47 Å². The summed E-state index contributed by atoms with van der Waals surface area (Å²) in [7, 11) is 1.77. The lowest BCUT2D eigenvalue weighted by Gasteiger charge is -2.44. The molecule has 4 nitrogen and oxygen atoms in total. The summed E-state index contributed by atoms with van der Waals surface area (Å²) in [5, 5.41) is 0. The molecule has 0 spiro atoms. The number of nitrogens with zero attached hydrogens (tertiary/aromatic N) is 1. The van der Waals surface area contributed by atoms with Crippen LogP contribution in [-0.2, 0) is 16.1 Å². The Morgan fingerprint density at radius 1 is 1.38 bits per heavy atom. The minimum atomic E-state index is -0.230. The molecule has 1 aromatic carbocycles. The highest BCUT2D eigenvalue weighted by Gasteiger charge is 2.40. The van der Waals surface area contributed by atoms with Crippen LogP contribution in [0.15, 0.2) is 30.3 Å². The molecule has 1 unspecified atom stereocenters. The molecule has 0 aromatic heterocycles. The van der Waals surface area contributed by atoms with Crippen LogP contribution in [0, 0.1) is 5.92 Å². The molecule has 4 heteroatoms. The quantitative estimate of drug-likeness (QED) is 0.852. The van der Waals surface area contributed by atoms with Gasteiger partial charge in [0, 0.05) is 26.1 Å². The third kappa shape index (κ3) is 3.56. The number of hydrogen-bond acceptors (Lipinski definition) is 3. The summed E-state index contributed by atoms with van der Waals surface area (Å²) in [6.07, 6.45) is 1.60. The van der Waals surface area contributed by atoms with Gasteiger partial charge in [0.15, 0.2) is 0 Å². The van der Waals surface area contributed by atoms with Crippen molar-refractivity contribution >= 4 is 6.09 Å². The first-order valence-corrected chi connectivity index (χ1v) is 7.62. The molecule has 1 fully saturated rings. The molecule has 0 bridgehead atoms. The highest BCUT2D eigenvalue weighted by atomic mass is 16.6. The first-order valence-electron chi connectivity index (χ1n) is 7.62. The summed E-state index contributed by atoms with van der Waals surface area (Å²) in [5.41, 5.74) is 0.909. The summed E-state index contributed by atoms with van der Waals surface area (Å²) in [6, 6.07) is 9.76. The minimum absolute atomic E-state index is 0.101. The first-order chi connectivity index (χ1) is 10.1. The second kappa shape index (κ2) is 6.94. The molecule has 1 heterocycles. The van der Waals surface area contributed by atoms with Gasteiger partial charge < -0.3 is 14.4 Å². The second-order valence-corrected chi connectivity index (χ2v) is 5.76. The number of benzene rings is 1. The maximum Gasteiger partial charge on any atom is 0.410 e. The number of amides is 1. The molecule has 0 aliphatic carbocycles. The van der Waals surface area contributed by atoms with E-state index in [1.807, 2.05) is 30.3 Å². The van der Waals surface area contributed by atoms with Crippen LogP contribution >= 0.6 is 0 Å². The van der Waals surface area contributed by atoms with Crippen molar-refractivity contribution < 1.29 is 14.3 Å². The maximum atomic E-state index is 12.2. The van der Waals surface area contributed by atoms with Crippen molar-refractivity contribution in [3.8, 4) is 0 Å². The second-order valence-electron chi connectivity index (χ2n) is 5.76. The molecule has 0 saturated carbocycles. The van der Waals surface area contributed by atoms with E-state index in [9.17, 15) is 4.79 Å². The number of likely N-dealkylation sites (tertiary alicyclic amines) is 1. The fraction of sp³-hybridized carbons (Fsp3) is 0.588. The van der Waals surface area contributed by atoms with E-state index in [1.165, 1.54) is 0 Å². The van der Waals surface area contributed by atoms with E-state index in [0.29, 0.717) is 25.6 Å². The average molecular weight is 291 g/mol. The SMILES string of the molecule is CCC1(OC)CCN(C(=O)OCc2ccccc2)C[C@H]1C. The standard InChI is InChI=1S/C17H25NO3/c1-4-17(20-3)10-11-18(12-14(17)2)16(19)21-13-15-8-6-5-7-9-15/h5-9,14H,4,10-13H2,1-3H3/t14-,17?/m1/s1. The summed E-state index contributed by atoms with van der Waals surface area (Å²) >= 11 is 0. The van der Waals surface area contributed by atoms with Gasteiger partial charge in [0.1, 0.15) is 6.61 Å². The molecule has 1 aromatic rings. The number of methoxy groups -OCH3 is 1. The van der Waals surface area contributed by atoms with Gasteiger partial charge in [-0.25, -0.2) is 4.79 Å². The zero-order valence-electron chi connectivity index (χ0n) is 13.2. The zero-order valence-corrected chi connectivity index (χ0v) is 13.2. The number of rotatable bonds is 4. The van der Waals surface area contributed by atoms with Gasteiger partial charge in [-0.2, -0.15) is 0 Å². The summed E-state index contributed by atoms with van der Waals surface area (Å²) in [4.78, 5) is 14.0. The largest absolute Gasteiger partial charge is 0.445 e. The Labute approximate surface area is 127 Å². The monoisotopic (exact) mass is 291 g/mol. The lowest BCUT2D eigenvalue weighted by molar-refractivity contribution is -0.0944. The van der Waals surface area contributed by atoms with E-state index in [0.717, 1.165) is 18.4 Å². The molecule has 0 radical (unpaired) electrons. The molecular formula is C17H25NO3. The van der Waals surface area contributed by atoms with Crippen LogP contribution < -0.4 is 0 Å². The normalized spacial score (nSPS) is 25.7. The van der Waals surface area contributed by atoms with Crippen LogP contribution in [0.2, 0.25) is 0 Å². The number of piperidine rings is 1. The van der Waals surface area contributed by atoms with Gasteiger partial charge in [0.2, 0.25) is 0 Å². The van der Waals surface area contributed by atoms with E-state index >= 15 is 0 Å². The number of carbonyl (C=O) groups is 1. The van der Waals surface area contributed by atoms with Crippen molar-refractivity contribution in [3.63, 3.8) is 0 Å². The molecule has 116 valence electrons. The molecule has 1 amide bonds. The number of hydrogen-bond donors (Lipinski definition) is 0. The van der Waals surface area contributed by atoms with E-state index in [2.05, 4.69) is 13.8 Å². The van der Waals surface area contributed by atoms with Crippen molar-refractivity contribution in [2.24, 2.45) is 5.92 Å². The predicted octanol–water partition coefficient (Wildman–Crippen LogP) is 3.46. The molecule has 21 heavy (non-hydrogen) atoms. The summed E-state index contributed by atoms with van der Waals surface area (Å²) in [6.45, 7) is 6.00. The average Bonchev–Trinajstić information content (AvgIpc) is 2.54. The van der Waals surface area contributed by atoms with Crippen molar-refractivity contribution in [3.05, 3.63) is 35.9 Å². The molecule has 0 N–H and O–H groups in total. The Hall–Kier alpha value is -1.55. The van der Waals surface area contributed by atoms with Crippen LogP contribution in [0.25, 0.3) is 0 Å². The van der Waals surface area contributed by atoms with Gasteiger partial charge in [-0.05, 0) is 18.4 Å². The van der Waals surface area contributed by atoms with Crippen LogP contribution in [0.4, 0.5) is 4.79 Å². The molecule has 1 aliphatic rings. The van der Waals surface area contributed by atoms with E-state index in [-0.39, 0.29) is 11.7 Å². The Morgan fingerprint density at radius 2 is 2.10 bits per heavy atom. The molecule has 2 atom stereocenters. The van der Waals surface area contributed by atoms with Crippen molar-refractivity contribution in [2.45, 2.75) is 38.9 Å². The van der Waals surface area contributed by atoms with Gasteiger partial charge in [-0.1, -0.05) is 44.2 Å². The van der Waals surface area contributed by atoms with Gasteiger partial charge in [0.05, 0.1) is 5.60 Å². The van der Waals surface area contributed by atoms with Crippen LogP contribution in [0.5, 0.6) is 0 Å². The van der Waals surface area contributed by atoms with Crippen LogP contribution in [0.1, 0.15) is 32.3 Å². The van der Waals surface area contributed by atoms with Crippen LogP contribution in [-0.4, -0.2) is 36.8 Å². The van der Waals surface area contributed by atoms with E-state index in [1.54, 1.807) is 12.0 Å².